The molecule has 156 valence electrons. The number of ether oxygens (including phenoxy) is 1. The maximum Gasteiger partial charge on any atom is 0.323 e. The summed E-state index contributed by atoms with van der Waals surface area (Å²) in [5.41, 5.74) is 13.3. The zero-order valence-corrected chi connectivity index (χ0v) is 17.1. The van der Waals surface area contributed by atoms with Gasteiger partial charge >= 0.3 is 5.97 Å². The fourth-order valence-corrected chi connectivity index (χ4v) is 3.36. The Kier molecular flexibility index (Phi) is 8.17. The number of benzene rings is 2. The van der Waals surface area contributed by atoms with Crippen LogP contribution < -0.4 is 16.2 Å². The summed E-state index contributed by atoms with van der Waals surface area (Å²) in [6, 6.07) is 14.9. The summed E-state index contributed by atoms with van der Waals surface area (Å²) in [6.07, 6.45) is 0.795. The summed E-state index contributed by atoms with van der Waals surface area (Å²) < 4.78 is 31.8. The Bertz CT molecular complexity index is 929. The van der Waals surface area contributed by atoms with Crippen LogP contribution in [0.25, 0.3) is 0 Å². The number of carbonyl (C=O) groups is 1. The molecule has 2 rings (SSSR count). The van der Waals surface area contributed by atoms with E-state index in [9.17, 15) is 13.2 Å². The molecule has 0 fully saturated rings. The number of hydrogen-bond donors (Lipinski definition) is 3. The van der Waals surface area contributed by atoms with Gasteiger partial charge in [0.05, 0.1) is 4.90 Å². The molecule has 0 radical (unpaired) electrons. The monoisotopic (exact) mass is 418 g/mol. The molecule has 8 nitrogen and oxygen atoms in total. The topological polar surface area (TPSA) is 137 Å². The quantitative estimate of drug-likeness (QED) is 0.244. The summed E-state index contributed by atoms with van der Waals surface area (Å²) in [4.78, 5) is 16.0. The first kappa shape index (κ1) is 22.4. The fraction of sp³-hybridized carbons (Fsp3) is 0.300. The summed E-state index contributed by atoms with van der Waals surface area (Å²) in [5.74, 6) is -0.711. The number of hydrogen-bond acceptors (Lipinski definition) is 6. The van der Waals surface area contributed by atoms with E-state index in [0.29, 0.717) is 12.8 Å². The third-order valence-electron chi connectivity index (χ3n) is 4.05. The Hall–Kier alpha value is -2.91. The van der Waals surface area contributed by atoms with Gasteiger partial charge in [0.2, 0.25) is 5.96 Å². The van der Waals surface area contributed by atoms with Gasteiger partial charge in [-0.05, 0) is 37.5 Å². The average molecular weight is 419 g/mol. The molecular formula is C20H26N4O4S. The van der Waals surface area contributed by atoms with Gasteiger partial charge in [-0.2, -0.15) is 0 Å². The molecule has 2 aromatic carbocycles. The van der Waals surface area contributed by atoms with Crippen LogP contribution in [-0.2, 0) is 26.2 Å². The molecule has 0 unspecified atom stereocenters. The molecule has 0 aliphatic heterocycles. The van der Waals surface area contributed by atoms with Gasteiger partial charge < -0.3 is 16.2 Å². The lowest BCUT2D eigenvalue weighted by molar-refractivity contribution is -0.146. The number of aryl methyl sites for hydroxylation is 1. The molecule has 2 aromatic rings. The van der Waals surface area contributed by atoms with Gasteiger partial charge in [-0.1, -0.05) is 48.0 Å². The number of esters is 1. The van der Waals surface area contributed by atoms with Gasteiger partial charge in [0.1, 0.15) is 12.6 Å². The van der Waals surface area contributed by atoms with Crippen molar-refractivity contribution < 1.29 is 17.9 Å². The number of nitrogens with zero attached hydrogens (tertiary/aromatic N) is 1. The predicted molar refractivity (Wildman–Crippen MR) is 111 cm³/mol. The normalized spacial score (nSPS) is 13.0. The maximum absolute atomic E-state index is 12.2. The minimum atomic E-state index is -3.78. The molecule has 0 heterocycles. The number of carbonyl (C=O) groups excluding carboxylic acids is 1. The first-order valence-electron chi connectivity index (χ1n) is 9.13. The van der Waals surface area contributed by atoms with Crippen LogP contribution in [0.5, 0.6) is 0 Å². The summed E-state index contributed by atoms with van der Waals surface area (Å²) in [7, 11) is -3.78. The second-order valence-electron chi connectivity index (χ2n) is 6.53. The predicted octanol–water partition coefficient (Wildman–Crippen LogP) is 1.44. The van der Waals surface area contributed by atoms with E-state index < -0.39 is 22.0 Å². The van der Waals surface area contributed by atoms with E-state index in [4.69, 9.17) is 16.2 Å². The second-order valence-corrected chi connectivity index (χ2v) is 8.21. The lowest BCUT2D eigenvalue weighted by Crippen LogP contribution is -2.37. The van der Waals surface area contributed by atoms with Crippen molar-refractivity contribution in [3.63, 3.8) is 0 Å². The minimum absolute atomic E-state index is 0.101. The second kappa shape index (κ2) is 10.6. The van der Waals surface area contributed by atoms with Crippen molar-refractivity contribution in [1.82, 2.24) is 4.72 Å². The van der Waals surface area contributed by atoms with Crippen molar-refractivity contribution in [3.8, 4) is 0 Å². The van der Waals surface area contributed by atoms with Crippen LogP contribution in [0.3, 0.4) is 0 Å². The van der Waals surface area contributed by atoms with E-state index in [1.54, 1.807) is 12.1 Å². The highest BCUT2D eigenvalue weighted by Crippen LogP contribution is 2.09. The van der Waals surface area contributed by atoms with E-state index in [0.717, 1.165) is 11.1 Å². The van der Waals surface area contributed by atoms with Crippen LogP contribution in [0, 0.1) is 6.92 Å². The molecular weight excluding hydrogens is 392 g/mol. The zero-order valence-electron chi connectivity index (χ0n) is 16.2. The van der Waals surface area contributed by atoms with E-state index in [1.165, 1.54) is 12.1 Å². The Morgan fingerprint density at radius 1 is 1.14 bits per heavy atom. The highest BCUT2D eigenvalue weighted by molar-refractivity contribution is 7.90. The molecule has 29 heavy (non-hydrogen) atoms. The van der Waals surface area contributed by atoms with Gasteiger partial charge in [0.15, 0.2) is 0 Å². The first-order valence-corrected chi connectivity index (χ1v) is 10.6. The first-order chi connectivity index (χ1) is 13.8. The molecule has 0 aliphatic carbocycles. The fourth-order valence-electron chi connectivity index (χ4n) is 2.41. The molecule has 0 saturated carbocycles. The molecule has 1 atom stereocenters. The van der Waals surface area contributed by atoms with Crippen LogP contribution in [0.1, 0.15) is 24.0 Å². The minimum Gasteiger partial charge on any atom is -0.460 e. The summed E-state index contributed by atoms with van der Waals surface area (Å²) >= 11 is 0. The van der Waals surface area contributed by atoms with Gasteiger partial charge in [-0.25, -0.2) is 13.1 Å². The molecule has 9 heteroatoms. The Labute approximate surface area is 171 Å². The lowest BCUT2D eigenvalue weighted by atomic mass is 10.2. The van der Waals surface area contributed by atoms with Gasteiger partial charge in [0, 0.05) is 6.54 Å². The Morgan fingerprint density at radius 3 is 2.45 bits per heavy atom. The van der Waals surface area contributed by atoms with E-state index in [-0.39, 0.29) is 24.0 Å². The van der Waals surface area contributed by atoms with Crippen molar-refractivity contribution >= 4 is 22.0 Å². The van der Waals surface area contributed by atoms with Crippen molar-refractivity contribution in [1.29, 1.82) is 0 Å². The average Bonchev–Trinajstić information content (AvgIpc) is 2.70. The number of sulfonamides is 1. The maximum atomic E-state index is 12.2. The Morgan fingerprint density at radius 2 is 1.79 bits per heavy atom. The van der Waals surface area contributed by atoms with Crippen molar-refractivity contribution in [2.75, 3.05) is 6.54 Å². The highest BCUT2D eigenvalue weighted by Gasteiger charge is 2.16. The number of aliphatic imine (C=N–C) groups is 1. The smallest absolute Gasteiger partial charge is 0.323 e. The van der Waals surface area contributed by atoms with Gasteiger partial charge in [-0.15, -0.1) is 0 Å². The number of guanidine groups is 1. The molecule has 0 amide bonds. The van der Waals surface area contributed by atoms with Crippen molar-refractivity contribution in [2.24, 2.45) is 16.5 Å². The summed E-state index contributed by atoms with van der Waals surface area (Å²) in [5, 5.41) is 0. The van der Waals surface area contributed by atoms with E-state index in [2.05, 4.69) is 9.71 Å². The van der Waals surface area contributed by atoms with Crippen LogP contribution in [0.2, 0.25) is 0 Å². The lowest BCUT2D eigenvalue weighted by Gasteiger charge is -2.11. The van der Waals surface area contributed by atoms with Crippen LogP contribution in [0.4, 0.5) is 0 Å². The molecule has 0 aliphatic rings. The van der Waals surface area contributed by atoms with Crippen LogP contribution in [-0.4, -0.2) is 32.9 Å². The number of nitrogens with two attached hydrogens (primary N) is 2. The largest absolute Gasteiger partial charge is 0.460 e. The molecule has 0 bridgehead atoms. The zero-order chi connectivity index (χ0) is 21.3. The number of rotatable bonds is 9. The van der Waals surface area contributed by atoms with Crippen molar-refractivity contribution in [2.45, 2.75) is 37.3 Å². The Balaban J connectivity index is 1.74. The third-order valence-corrected chi connectivity index (χ3v) is 5.42. The van der Waals surface area contributed by atoms with E-state index >= 15 is 0 Å². The highest BCUT2D eigenvalue weighted by atomic mass is 32.2. The standard InChI is InChI=1S/C20H26N4O4S/c1-15-9-11-17(12-10-15)29(26,27)24-20(22)23-13-5-8-18(21)19(25)28-14-16-6-3-2-4-7-16/h2-4,6-7,9-12,18H,5,8,13-14,21H2,1H3,(H3,22,23,24)/t18-/m0/s1. The SMILES string of the molecule is Cc1ccc(S(=O)(=O)NC(N)=NCCC[C@H](N)C(=O)OCc2ccccc2)cc1. The van der Waals surface area contributed by atoms with Crippen molar-refractivity contribution in [3.05, 3.63) is 65.7 Å². The molecule has 0 saturated heterocycles. The van der Waals surface area contributed by atoms with Crippen LogP contribution >= 0.6 is 0 Å². The molecule has 0 aromatic heterocycles. The summed E-state index contributed by atoms with van der Waals surface area (Å²) in [6.45, 7) is 2.25. The third kappa shape index (κ3) is 7.55. The molecule has 0 spiro atoms. The van der Waals surface area contributed by atoms with Gasteiger partial charge in [0.25, 0.3) is 10.0 Å². The number of nitrogens with one attached hydrogen (secondary N) is 1. The van der Waals surface area contributed by atoms with Crippen LogP contribution in [0.15, 0.2) is 64.5 Å². The van der Waals surface area contributed by atoms with Gasteiger partial charge in [-0.3, -0.25) is 9.79 Å². The molecule has 5 N–H and O–H groups in total. The van der Waals surface area contributed by atoms with E-state index in [1.807, 2.05) is 37.3 Å².